The third-order valence-electron chi connectivity index (χ3n) is 4.10. The number of aryl methyl sites for hydroxylation is 1. The van der Waals surface area contributed by atoms with Crippen molar-refractivity contribution in [2.75, 3.05) is 5.75 Å². The number of amides is 1. The maximum Gasteiger partial charge on any atom is 0.230 e. The van der Waals surface area contributed by atoms with Crippen LogP contribution in [0.1, 0.15) is 24.1 Å². The fourth-order valence-corrected chi connectivity index (χ4v) is 3.55. The van der Waals surface area contributed by atoms with Crippen molar-refractivity contribution < 1.29 is 4.79 Å². The van der Waals surface area contributed by atoms with E-state index in [-0.39, 0.29) is 11.9 Å². The fraction of sp³-hybridized carbons (Fsp3) is 0.190. The molecule has 1 amide bonds. The summed E-state index contributed by atoms with van der Waals surface area (Å²) in [4.78, 5) is 13.4. The van der Waals surface area contributed by atoms with Gasteiger partial charge in [0.2, 0.25) is 5.91 Å². The van der Waals surface area contributed by atoms with Gasteiger partial charge in [-0.05, 0) is 47.9 Å². The maximum atomic E-state index is 12.2. The fourth-order valence-electron chi connectivity index (χ4n) is 2.71. The summed E-state index contributed by atoms with van der Waals surface area (Å²) in [6.45, 7) is 4.10. The highest BCUT2D eigenvalue weighted by molar-refractivity contribution is 8.00. The highest BCUT2D eigenvalue weighted by atomic mass is 32.2. The van der Waals surface area contributed by atoms with Crippen LogP contribution in [0, 0.1) is 6.92 Å². The van der Waals surface area contributed by atoms with Crippen LogP contribution in [0.5, 0.6) is 0 Å². The zero-order valence-corrected chi connectivity index (χ0v) is 14.8. The molecule has 122 valence electrons. The average Bonchev–Trinajstić information content (AvgIpc) is 2.60. The molecule has 0 bridgehead atoms. The number of carbonyl (C=O) groups excluding carboxylic acids is 1. The minimum absolute atomic E-state index is 0.000392. The van der Waals surface area contributed by atoms with Gasteiger partial charge in [-0.1, -0.05) is 54.6 Å². The van der Waals surface area contributed by atoms with Gasteiger partial charge in [-0.3, -0.25) is 4.79 Å². The molecule has 0 fully saturated rings. The monoisotopic (exact) mass is 335 g/mol. The van der Waals surface area contributed by atoms with Crippen molar-refractivity contribution in [2.45, 2.75) is 24.8 Å². The summed E-state index contributed by atoms with van der Waals surface area (Å²) in [5.41, 5.74) is 2.33. The molecule has 0 aliphatic heterocycles. The van der Waals surface area contributed by atoms with E-state index in [4.69, 9.17) is 0 Å². The first-order valence-electron chi connectivity index (χ1n) is 8.10. The summed E-state index contributed by atoms with van der Waals surface area (Å²) in [5.74, 6) is 0.492. The molecule has 24 heavy (non-hydrogen) atoms. The quantitative estimate of drug-likeness (QED) is 0.656. The summed E-state index contributed by atoms with van der Waals surface area (Å²) < 4.78 is 0. The largest absolute Gasteiger partial charge is 0.349 e. The van der Waals surface area contributed by atoms with Crippen LogP contribution in [0.2, 0.25) is 0 Å². The highest BCUT2D eigenvalue weighted by Crippen LogP contribution is 2.23. The van der Waals surface area contributed by atoms with E-state index in [9.17, 15) is 4.79 Å². The first kappa shape index (κ1) is 16.6. The van der Waals surface area contributed by atoms with Gasteiger partial charge < -0.3 is 5.32 Å². The molecule has 0 aliphatic carbocycles. The Hall–Kier alpha value is -2.26. The molecule has 3 rings (SSSR count). The summed E-state index contributed by atoms with van der Waals surface area (Å²) in [6.07, 6.45) is 0. The molecule has 0 saturated heterocycles. The van der Waals surface area contributed by atoms with E-state index >= 15 is 0 Å². The number of hydrogen-bond donors (Lipinski definition) is 1. The predicted molar refractivity (Wildman–Crippen MR) is 102 cm³/mol. The van der Waals surface area contributed by atoms with Crippen molar-refractivity contribution in [3.05, 3.63) is 77.9 Å². The van der Waals surface area contributed by atoms with E-state index in [1.807, 2.05) is 31.2 Å². The topological polar surface area (TPSA) is 29.1 Å². The number of rotatable bonds is 5. The minimum Gasteiger partial charge on any atom is -0.349 e. The third kappa shape index (κ3) is 3.98. The summed E-state index contributed by atoms with van der Waals surface area (Å²) >= 11 is 1.58. The normalized spacial score (nSPS) is 12.1. The molecular weight excluding hydrogens is 314 g/mol. The molecule has 0 radical (unpaired) electrons. The summed E-state index contributed by atoms with van der Waals surface area (Å²) in [6, 6.07) is 22.8. The molecule has 0 spiro atoms. The molecule has 0 saturated carbocycles. The lowest BCUT2D eigenvalue weighted by molar-refractivity contribution is -0.119. The summed E-state index contributed by atoms with van der Waals surface area (Å²) in [7, 11) is 0. The van der Waals surface area contributed by atoms with Crippen LogP contribution in [0.4, 0.5) is 0 Å². The van der Waals surface area contributed by atoms with Gasteiger partial charge in [0.1, 0.15) is 0 Å². The van der Waals surface area contributed by atoms with Gasteiger partial charge in [-0.15, -0.1) is 11.8 Å². The minimum atomic E-state index is -0.000392. The maximum absolute atomic E-state index is 12.2. The molecule has 3 aromatic carbocycles. The molecule has 0 aromatic heterocycles. The Morgan fingerprint density at radius 1 is 1.00 bits per heavy atom. The molecule has 2 nitrogen and oxygen atoms in total. The number of nitrogens with one attached hydrogen (secondary N) is 1. The van der Waals surface area contributed by atoms with Crippen LogP contribution >= 0.6 is 11.8 Å². The van der Waals surface area contributed by atoms with E-state index in [1.165, 1.54) is 16.3 Å². The zero-order chi connectivity index (χ0) is 16.9. The Morgan fingerprint density at radius 3 is 2.50 bits per heavy atom. The Balaban J connectivity index is 1.61. The van der Waals surface area contributed by atoms with Crippen molar-refractivity contribution in [3.8, 4) is 0 Å². The van der Waals surface area contributed by atoms with Crippen molar-refractivity contribution in [2.24, 2.45) is 0 Å². The third-order valence-corrected chi connectivity index (χ3v) is 5.28. The molecule has 1 unspecified atom stereocenters. The van der Waals surface area contributed by atoms with Crippen LogP contribution < -0.4 is 5.32 Å². The predicted octanol–water partition coefficient (Wildman–Crippen LogP) is 5.12. The Morgan fingerprint density at radius 2 is 1.71 bits per heavy atom. The van der Waals surface area contributed by atoms with Crippen molar-refractivity contribution in [3.63, 3.8) is 0 Å². The van der Waals surface area contributed by atoms with Gasteiger partial charge in [0.05, 0.1) is 11.8 Å². The second kappa shape index (κ2) is 7.54. The Kier molecular flexibility index (Phi) is 5.21. The van der Waals surface area contributed by atoms with E-state index < -0.39 is 0 Å². The van der Waals surface area contributed by atoms with E-state index in [0.717, 1.165) is 10.5 Å². The molecule has 1 atom stereocenters. The van der Waals surface area contributed by atoms with Crippen LogP contribution in [0.3, 0.4) is 0 Å². The van der Waals surface area contributed by atoms with Crippen LogP contribution in [0.15, 0.2) is 71.6 Å². The van der Waals surface area contributed by atoms with Crippen molar-refractivity contribution in [1.29, 1.82) is 0 Å². The van der Waals surface area contributed by atoms with Crippen molar-refractivity contribution in [1.82, 2.24) is 5.32 Å². The highest BCUT2D eigenvalue weighted by Gasteiger charge is 2.11. The number of fused-ring (bicyclic) bond motifs is 1. The second-order valence-electron chi connectivity index (χ2n) is 5.95. The van der Waals surface area contributed by atoms with E-state index in [2.05, 4.69) is 54.7 Å². The van der Waals surface area contributed by atoms with Crippen LogP contribution in [-0.4, -0.2) is 11.7 Å². The number of hydrogen-bond acceptors (Lipinski definition) is 2. The lowest BCUT2D eigenvalue weighted by Crippen LogP contribution is -2.28. The van der Waals surface area contributed by atoms with Gasteiger partial charge in [0.15, 0.2) is 0 Å². The van der Waals surface area contributed by atoms with Gasteiger partial charge in [-0.2, -0.15) is 0 Å². The average molecular weight is 335 g/mol. The smallest absolute Gasteiger partial charge is 0.230 e. The van der Waals surface area contributed by atoms with Gasteiger partial charge in [0.25, 0.3) is 0 Å². The molecule has 0 aliphatic rings. The van der Waals surface area contributed by atoms with Crippen LogP contribution in [-0.2, 0) is 4.79 Å². The van der Waals surface area contributed by atoms with Gasteiger partial charge in [-0.25, -0.2) is 0 Å². The van der Waals surface area contributed by atoms with E-state index in [0.29, 0.717) is 5.75 Å². The lowest BCUT2D eigenvalue weighted by Gasteiger charge is -2.15. The molecule has 3 heteroatoms. The number of carbonyl (C=O) groups is 1. The SMILES string of the molecule is Cc1ccccc1SCC(=O)NC(C)c1ccc2ccccc2c1. The first-order chi connectivity index (χ1) is 11.6. The standard InChI is InChI=1S/C21H21NOS/c1-15-7-3-6-10-20(15)24-14-21(23)22-16(2)18-12-11-17-8-4-5-9-19(17)13-18/h3-13,16H,14H2,1-2H3,(H,22,23). The second-order valence-corrected chi connectivity index (χ2v) is 6.97. The molecule has 1 N–H and O–H groups in total. The Labute approximate surface area is 147 Å². The van der Waals surface area contributed by atoms with Crippen LogP contribution in [0.25, 0.3) is 10.8 Å². The molecule has 0 heterocycles. The number of thioether (sulfide) groups is 1. The summed E-state index contributed by atoms with van der Waals surface area (Å²) in [5, 5.41) is 5.51. The number of benzene rings is 3. The Bertz CT molecular complexity index is 859. The first-order valence-corrected chi connectivity index (χ1v) is 9.08. The van der Waals surface area contributed by atoms with E-state index in [1.54, 1.807) is 11.8 Å². The molecular formula is C21H21NOS. The van der Waals surface area contributed by atoms with Crippen molar-refractivity contribution >= 4 is 28.4 Å². The molecule has 3 aromatic rings. The lowest BCUT2D eigenvalue weighted by atomic mass is 10.0. The van der Waals surface area contributed by atoms with Gasteiger partial charge >= 0.3 is 0 Å². The van der Waals surface area contributed by atoms with Gasteiger partial charge in [0, 0.05) is 4.90 Å². The zero-order valence-electron chi connectivity index (χ0n) is 14.0.